The van der Waals surface area contributed by atoms with E-state index in [1.807, 2.05) is 36.4 Å². The molecule has 4 heteroatoms. The van der Waals surface area contributed by atoms with E-state index in [1.165, 1.54) is 12.8 Å². The van der Waals surface area contributed by atoms with E-state index < -0.39 is 0 Å². The van der Waals surface area contributed by atoms with Crippen LogP contribution in [0.15, 0.2) is 36.4 Å². The number of hydrogen-bond donors (Lipinski definition) is 0. The number of hydrogen-bond acceptors (Lipinski definition) is 3. The zero-order valence-electron chi connectivity index (χ0n) is 13.6. The normalized spacial score (nSPS) is 25.3. The molecule has 1 aromatic carbocycles. The van der Waals surface area contributed by atoms with Gasteiger partial charge in [-0.2, -0.15) is 0 Å². The Morgan fingerprint density at radius 2 is 1.83 bits per heavy atom. The summed E-state index contributed by atoms with van der Waals surface area (Å²) < 4.78 is 0. The van der Waals surface area contributed by atoms with Crippen molar-refractivity contribution < 1.29 is 4.79 Å². The Bertz CT molecular complexity index is 729. The maximum atomic E-state index is 13.0. The van der Waals surface area contributed by atoms with E-state index >= 15 is 0 Å². The summed E-state index contributed by atoms with van der Waals surface area (Å²) in [6.45, 7) is 2.01. The highest BCUT2D eigenvalue weighted by atomic mass is 16.2. The van der Waals surface area contributed by atoms with Gasteiger partial charge >= 0.3 is 0 Å². The fraction of sp³-hybridized carbons (Fsp3) is 0.474. The minimum absolute atomic E-state index is 0.0959. The topological polar surface area (TPSA) is 36.4 Å². The highest BCUT2D eigenvalue weighted by molar-refractivity contribution is 5.95. The molecule has 2 aliphatic heterocycles. The molecule has 0 saturated carbocycles. The summed E-state index contributed by atoms with van der Waals surface area (Å²) in [6.07, 6.45) is 4.67. The van der Waals surface area contributed by atoms with Crippen molar-refractivity contribution >= 4 is 16.8 Å². The van der Waals surface area contributed by atoms with Gasteiger partial charge in [-0.1, -0.05) is 24.3 Å². The molecule has 2 atom stereocenters. The maximum absolute atomic E-state index is 13.0. The van der Waals surface area contributed by atoms with Gasteiger partial charge in [0, 0.05) is 24.0 Å². The van der Waals surface area contributed by atoms with Crippen LogP contribution in [0.5, 0.6) is 0 Å². The fourth-order valence-electron chi connectivity index (χ4n) is 4.20. The maximum Gasteiger partial charge on any atom is 0.272 e. The van der Waals surface area contributed by atoms with Gasteiger partial charge in [0.25, 0.3) is 5.91 Å². The van der Waals surface area contributed by atoms with Gasteiger partial charge in [-0.15, -0.1) is 0 Å². The molecule has 2 aliphatic rings. The van der Waals surface area contributed by atoms with Gasteiger partial charge in [0.2, 0.25) is 0 Å². The lowest BCUT2D eigenvalue weighted by molar-refractivity contribution is 0.0659. The van der Waals surface area contributed by atoms with E-state index in [-0.39, 0.29) is 5.91 Å². The quantitative estimate of drug-likeness (QED) is 0.856. The molecular formula is C19H23N3O. The number of nitrogens with zero attached hydrogens (tertiary/aromatic N) is 3. The van der Waals surface area contributed by atoms with Crippen LogP contribution in [-0.4, -0.2) is 52.9 Å². The second-order valence-electron chi connectivity index (χ2n) is 6.79. The third-order valence-corrected chi connectivity index (χ3v) is 5.40. The molecule has 0 N–H and O–H groups in total. The number of fused-ring (bicyclic) bond motifs is 1. The molecule has 1 amide bonds. The van der Waals surface area contributed by atoms with Crippen LogP contribution in [0.4, 0.5) is 0 Å². The lowest BCUT2D eigenvalue weighted by atomic mass is 10.0. The number of carbonyl (C=O) groups excluding carboxylic acids is 1. The summed E-state index contributed by atoms with van der Waals surface area (Å²) in [7, 11) is 2.19. The molecule has 1 aromatic heterocycles. The highest BCUT2D eigenvalue weighted by Gasteiger charge is 2.38. The Hall–Kier alpha value is -1.94. The molecule has 4 nitrogen and oxygen atoms in total. The molecule has 23 heavy (non-hydrogen) atoms. The molecule has 2 aromatic rings. The Morgan fingerprint density at radius 3 is 2.65 bits per heavy atom. The zero-order chi connectivity index (χ0) is 15.8. The molecule has 3 heterocycles. The molecule has 0 unspecified atom stereocenters. The van der Waals surface area contributed by atoms with Crippen LogP contribution in [-0.2, 0) is 0 Å². The lowest BCUT2D eigenvalue weighted by Gasteiger charge is -2.33. The number of likely N-dealkylation sites (tertiary alicyclic amines) is 2. The average molecular weight is 309 g/mol. The number of likely N-dealkylation sites (N-methyl/N-ethyl adjacent to an activating group) is 1. The first-order chi connectivity index (χ1) is 11.2. The second kappa shape index (κ2) is 5.93. The Balaban J connectivity index is 1.61. The van der Waals surface area contributed by atoms with E-state index in [2.05, 4.69) is 21.8 Å². The van der Waals surface area contributed by atoms with Crippen LogP contribution in [0.25, 0.3) is 10.9 Å². The Morgan fingerprint density at radius 1 is 1.04 bits per heavy atom. The molecular weight excluding hydrogens is 286 g/mol. The van der Waals surface area contributed by atoms with Gasteiger partial charge in [0.05, 0.1) is 5.52 Å². The molecule has 2 saturated heterocycles. The van der Waals surface area contributed by atoms with Crippen LogP contribution in [0, 0.1) is 0 Å². The second-order valence-corrected chi connectivity index (χ2v) is 6.79. The minimum Gasteiger partial charge on any atom is -0.333 e. The summed E-state index contributed by atoms with van der Waals surface area (Å²) in [4.78, 5) is 22.1. The first kappa shape index (κ1) is 14.6. The standard InChI is InChI=1S/C19H23N3O/c1-21-12-4-8-17(21)18-9-5-13-22(18)19(23)16-11-10-14-6-2-3-7-15(14)20-16/h2-3,6-7,10-11,17-18H,4-5,8-9,12-13H2,1H3/t17-,18+/m0/s1. The van der Waals surface area contributed by atoms with Crippen molar-refractivity contribution in [3.05, 3.63) is 42.1 Å². The van der Waals surface area contributed by atoms with E-state index in [1.54, 1.807) is 0 Å². The van der Waals surface area contributed by atoms with Crippen molar-refractivity contribution in [3.63, 3.8) is 0 Å². The minimum atomic E-state index is 0.0959. The zero-order valence-corrected chi connectivity index (χ0v) is 13.6. The van der Waals surface area contributed by atoms with E-state index in [4.69, 9.17) is 0 Å². The third kappa shape index (κ3) is 2.61. The lowest BCUT2D eigenvalue weighted by Crippen LogP contribution is -2.47. The third-order valence-electron chi connectivity index (χ3n) is 5.40. The van der Waals surface area contributed by atoms with Crippen LogP contribution < -0.4 is 0 Å². The number of para-hydroxylation sites is 1. The summed E-state index contributed by atoms with van der Waals surface area (Å²) in [5, 5.41) is 1.08. The SMILES string of the molecule is CN1CCC[C@H]1[C@H]1CCCN1C(=O)c1ccc2ccccc2n1. The fourth-order valence-corrected chi connectivity index (χ4v) is 4.20. The molecule has 120 valence electrons. The molecule has 0 bridgehead atoms. The Kier molecular flexibility index (Phi) is 3.77. The summed E-state index contributed by atoms with van der Waals surface area (Å²) in [5.74, 6) is 0.0959. The van der Waals surface area contributed by atoms with Crippen LogP contribution in [0.3, 0.4) is 0 Å². The molecule has 2 fully saturated rings. The number of amides is 1. The van der Waals surface area contributed by atoms with Gasteiger partial charge in [-0.3, -0.25) is 4.79 Å². The van der Waals surface area contributed by atoms with Crippen molar-refractivity contribution in [2.24, 2.45) is 0 Å². The van der Waals surface area contributed by atoms with Crippen LogP contribution >= 0.6 is 0 Å². The molecule has 0 aliphatic carbocycles. The average Bonchev–Trinajstić information content (AvgIpc) is 3.22. The van der Waals surface area contributed by atoms with Gasteiger partial charge in [0.1, 0.15) is 5.69 Å². The molecule has 0 radical (unpaired) electrons. The molecule has 4 rings (SSSR count). The summed E-state index contributed by atoms with van der Waals surface area (Å²) in [6, 6.07) is 12.7. The molecule has 0 spiro atoms. The van der Waals surface area contributed by atoms with Gasteiger partial charge < -0.3 is 9.80 Å². The van der Waals surface area contributed by atoms with Gasteiger partial charge in [-0.25, -0.2) is 4.98 Å². The van der Waals surface area contributed by atoms with Crippen molar-refractivity contribution in [2.75, 3.05) is 20.1 Å². The van der Waals surface area contributed by atoms with Crippen molar-refractivity contribution in [2.45, 2.75) is 37.8 Å². The van der Waals surface area contributed by atoms with Crippen LogP contribution in [0.1, 0.15) is 36.2 Å². The van der Waals surface area contributed by atoms with Crippen molar-refractivity contribution in [1.82, 2.24) is 14.8 Å². The largest absolute Gasteiger partial charge is 0.333 e. The van der Waals surface area contributed by atoms with Crippen molar-refractivity contribution in [3.8, 4) is 0 Å². The number of rotatable bonds is 2. The van der Waals surface area contributed by atoms with Crippen molar-refractivity contribution in [1.29, 1.82) is 0 Å². The highest BCUT2D eigenvalue weighted by Crippen LogP contribution is 2.30. The Labute approximate surface area is 137 Å². The number of aromatic nitrogens is 1. The first-order valence-electron chi connectivity index (χ1n) is 8.61. The number of benzene rings is 1. The summed E-state index contributed by atoms with van der Waals surface area (Å²) >= 11 is 0. The van der Waals surface area contributed by atoms with Gasteiger partial charge in [0.15, 0.2) is 0 Å². The van der Waals surface area contributed by atoms with E-state index in [0.29, 0.717) is 17.8 Å². The van der Waals surface area contributed by atoms with Gasteiger partial charge in [-0.05, 0) is 51.4 Å². The smallest absolute Gasteiger partial charge is 0.272 e. The number of carbonyl (C=O) groups is 1. The monoisotopic (exact) mass is 309 g/mol. The first-order valence-corrected chi connectivity index (χ1v) is 8.61. The van der Waals surface area contributed by atoms with Crippen LogP contribution in [0.2, 0.25) is 0 Å². The van der Waals surface area contributed by atoms with E-state index in [0.717, 1.165) is 36.8 Å². The predicted molar refractivity (Wildman–Crippen MR) is 91.5 cm³/mol. The number of pyridine rings is 1. The van der Waals surface area contributed by atoms with E-state index in [9.17, 15) is 4.79 Å². The summed E-state index contributed by atoms with van der Waals surface area (Å²) in [5.41, 5.74) is 1.48. The predicted octanol–water partition coefficient (Wildman–Crippen LogP) is 2.93.